The Bertz CT molecular complexity index is 859. The Morgan fingerprint density at radius 1 is 1.29 bits per heavy atom. The average molecular weight is 385 g/mol. The van der Waals surface area contributed by atoms with Crippen molar-refractivity contribution >= 4 is 5.91 Å². The number of hydrogen-bond acceptors (Lipinski definition) is 7. The Hall–Kier alpha value is -3.20. The summed E-state index contributed by atoms with van der Waals surface area (Å²) in [5, 5.41) is 10.6. The molecule has 0 saturated heterocycles. The van der Waals surface area contributed by atoms with Crippen LogP contribution in [0.1, 0.15) is 36.5 Å². The summed E-state index contributed by atoms with van der Waals surface area (Å²) in [4.78, 5) is 16.0. The second-order valence-electron chi connectivity index (χ2n) is 6.33. The van der Waals surface area contributed by atoms with E-state index in [1.807, 2.05) is 38.1 Å². The van der Waals surface area contributed by atoms with Gasteiger partial charge < -0.3 is 19.3 Å². The highest BCUT2D eigenvalue weighted by Crippen LogP contribution is 2.16. The van der Waals surface area contributed by atoms with Gasteiger partial charge in [-0.15, -0.1) is 0 Å². The highest BCUT2D eigenvalue weighted by atomic mass is 16.5. The first-order valence-corrected chi connectivity index (χ1v) is 9.05. The molecule has 0 bridgehead atoms. The second-order valence-corrected chi connectivity index (χ2v) is 6.33. The van der Waals surface area contributed by atoms with Gasteiger partial charge in [-0.3, -0.25) is 4.79 Å². The molecule has 0 spiro atoms. The van der Waals surface area contributed by atoms with Crippen molar-refractivity contribution < 1.29 is 18.8 Å². The Kier molecular flexibility index (Phi) is 6.74. The van der Waals surface area contributed by atoms with Crippen molar-refractivity contribution in [2.45, 2.75) is 33.0 Å². The van der Waals surface area contributed by atoms with Crippen LogP contribution in [0, 0.1) is 0 Å². The van der Waals surface area contributed by atoms with Crippen LogP contribution in [0.4, 0.5) is 0 Å². The number of hydrogen-bond donors (Lipinski definition) is 1. The van der Waals surface area contributed by atoms with Crippen LogP contribution < -0.4 is 10.1 Å². The van der Waals surface area contributed by atoms with Gasteiger partial charge >= 0.3 is 0 Å². The zero-order chi connectivity index (χ0) is 19.8. The van der Waals surface area contributed by atoms with Crippen LogP contribution in [-0.2, 0) is 11.3 Å². The van der Waals surface area contributed by atoms with E-state index in [1.54, 1.807) is 17.1 Å². The summed E-state index contributed by atoms with van der Waals surface area (Å²) in [6.45, 7) is 5.24. The topological polar surface area (TPSA) is 104 Å². The maximum atomic E-state index is 12.1. The van der Waals surface area contributed by atoms with Gasteiger partial charge in [-0.1, -0.05) is 5.16 Å². The summed E-state index contributed by atoms with van der Waals surface area (Å²) in [5.74, 6) is 0.849. The molecule has 0 aliphatic carbocycles. The second kappa shape index (κ2) is 9.65. The molecule has 2 aromatic heterocycles. The first-order valence-electron chi connectivity index (χ1n) is 9.05. The van der Waals surface area contributed by atoms with Gasteiger partial charge in [0.25, 0.3) is 5.91 Å². The lowest BCUT2D eigenvalue weighted by atomic mass is 10.3. The number of nitrogens with zero attached hydrogens (tertiary/aromatic N) is 4. The van der Waals surface area contributed by atoms with Gasteiger partial charge in [0.2, 0.25) is 0 Å². The molecule has 148 valence electrons. The third kappa shape index (κ3) is 5.65. The van der Waals surface area contributed by atoms with E-state index in [1.165, 1.54) is 6.33 Å². The smallest absolute Gasteiger partial charge is 0.273 e. The minimum Gasteiger partial charge on any atom is -0.486 e. The lowest BCUT2D eigenvalue weighted by Crippen LogP contribution is -2.25. The van der Waals surface area contributed by atoms with Gasteiger partial charge in [-0.05, 0) is 44.5 Å². The number of nitrogens with one attached hydrogen (secondary N) is 1. The molecule has 2 heterocycles. The number of carbonyl (C=O) groups is 1. The molecule has 28 heavy (non-hydrogen) atoms. The van der Waals surface area contributed by atoms with Crippen LogP contribution in [0.25, 0.3) is 5.69 Å². The van der Waals surface area contributed by atoms with Gasteiger partial charge in [0.05, 0.1) is 11.8 Å². The highest BCUT2D eigenvalue weighted by molar-refractivity contribution is 5.92. The van der Waals surface area contributed by atoms with E-state index in [9.17, 15) is 4.79 Å². The van der Waals surface area contributed by atoms with Crippen molar-refractivity contribution in [3.63, 3.8) is 0 Å². The van der Waals surface area contributed by atoms with Crippen molar-refractivity contribution in [3.05, 3.63) is 54.4 Å². The summed E-state index contributed by atoms with van der Waals surface area (Å²) in [7, 11) is 0. The minimum atomic E-state index is -0.281. The molecule has 1 amide bonds. The number of rotatable bonds is 10. The summed E-state index contributed by atoms with van der Waals surface area (Å²) < 4.78 is 17.9. The fourth-order valence-corrected chi connectivity index (χ4v) is 2.36. The van der Waals surface area contributed by atoms with Crippen LogP contribution in [0.5, 0.6) is 5.75 Å². The number of benzene rings is 1. The van der Waals surface area contributed by atoms with Gasteiger partial charge in [0.1, 0.15) is 25.0 Å². The zero-order valence-corrected chi connectivity index (χ0v) is 15.9. The third-order valence-corrected chi connectivity index (χ3v) is 3.75. The predicted molar refractivity (Wildman–Crippen MR) is 100 cm³/mol. The van der Waals surface area contributed by atoms with E-state index in [4.69, 9.17) is 14.0 Å². The molecule has 3 rings (SSSR count). The lowest BCUT2D eigenvalue weighted by Gasteiger charge is -2.07. The van der Waals surface area contributed by atoms with Gasteiger partial charge in [-0.25, -0.2) is 9.67 Å². The maximum Gasteiger partial charge on any atom is 0.273 e. The monoisotopic (exact) mass is 385 g/mol. The summed E-state index contributed by atoms with van der Waals surface area (Å²) in [6, 6.07) is 8.95. The van der Waals surface area contributed by atoms with E-state index in [-0.39, 0.29) is 24.3 Å². The minimum absolute atomic E-state index is 0.172. The van der Waals surface area contributed by atoms with Crippen LogP contribution in [-0.4, -0.2) is 45.1 Å². The van der Waals surface area contributed by atoms with E-state index < -0.39 is 0 Å². The molecule has 3 aromatic rings. The molecule has 1 aromatic carbocycles. The predicted octanol–water partition coefficient (Wildman–Crippen LogP) is 2.38. The van der Waals surface area contributed by atoms with Gasteiger partial charge in [0.15, 0.2) is 11.5 Å². The molecule has 0 aliphatic heterocycles. The maximum absolute atomic E-state index is 12.1. The first-order chi connectivity index (χ1) is 13.6. The quantitative estimate of drug-likeness (QED) is 0.534. The van der Waals surface area contributed by atoms with E-state index in [0.29, 0.717) is 24.7 Å². The molecule has 0 saturated carbocycles. The average Bonchev–Trinajstić information content (AvgIpc) is 3.38. The van der Waals surface area contributed by atoms with Crippen molar-refractivity contribution in [2.24, 2.45) is 0 Å². The Morgan fingerprint density at radius 2 is 2.11 bits per heavy atom. The fraction of sp³-hybridized carbons (Fsp3) is 0.368. The molecule has 0 aliphatic rings. The molecule has 0 radical (unpaired) electrons. The largest absolute Gasteiger partial charge is 0.486 e. The van der Waals surface area contributed by atoms with E-state index >= 15 is 0 Å². The number of amides is 1. The van der Waals surface area contributed by atoms with E-state index in [0.717, 1.165) is 12.1 Å². The standard InChI is InChI=1S/C19H23N5O4/c1-14(2)26-9-3-8-21-19(25)18-10-17(28-23-18)11-27-16-6-4-15(5-7-16)24-13-20-12-22-24/h4-7,10,12-14H,3,8-9,11H2,1-2H3,(H,21,25). The van der Waals surface area contributed by atoms with E-state index in [2.05, 4.69) is 20.6 Å². The molecular formula is C19H23N5O4. The van der Waals surface area contributed by atoms with Crippen molar-refractivity contribution in [1.82, 2.24) is 25.2 Å². The van der Waals surface area contributed by atoms with Crippen molar-refractivity contribution in [3.8, 4) is 11.4 Å². The molecule has 0 fully saturated rings. The molecule has 9 nitrogen and oxygen atoms in total. The molecule has 9 heteroatoms. The Morgan fingerprint density at radius 3 is 2.82 bits per heavy atom. The molecule has 0 unspecified atom stereocenters. The summed E-state index contributed by atoms with van der Waals surface area (Å²) in [6.07, 6.45) is 4.02. The van der Waals surface area contributed by atoms with Crippen molar-refractivity contribution in [2.75, 3.05) is 13.2 Å². The van der Waals surface area contributed by atoms with Crippen molar-refractivity contribution in [1.29, 1.82) is 0 Å². The SMILES string of the molecule is CC(C)OCCCNC(=O)c1cc(COc2ccc(-n3cncn3)cc2)on1. The van der Waals surface area contributed by atoms with Gasteiger partial charge in [-0.2, -0.15) is 5.10 Å². The normalized spacial score (nSPS) is 11.0. The molecule has 0 atom stereocenters. The molecule has 1 N–H and O–H groups in total. The van der Waals surface area contributed by atoms with Crippen LogP contribution in [0.3, 0.4) is 0 Å². The summed E-state index contributed by atoms with van der Waals surface area (Å²) in [5.41, 5.74) is 1.10. The Balaban J connectivity index is 1.43. The highest BCUT2D eigenvalue weighted by Gasteiger charge is 2.12. The zero-order valence-electron chi connectivity index (χ0n) is 15.9. The van der Waals surface area contributed by atoms with Crippen LogP contribution >= 0.6 is 0 Å². The first kappa shape index (κ1) is 19.6. The summed E-state index contributed by atoms with van der Waals surface area (Å²) >= 11 is 0. The van der Waals surface area contributed by atoms with Crippen LogP contribution in [0.15, 0.2) is 47.5 Å². The number of ether oxygens (including phenoxy) is 2. The van der Waals surface area contributed by atoms with Gasteiger partial charge in [0, 0.05) is 19.2 Å². The molecular weight excluding hydrogens is 362 g/mol. The fourth-order valence-electron chi connectivity index (χ4n) is 2.36. The third-order valence-electron chi connectivity index (χ3n) is 3.75. The number of aromatic nitrogens is 4. The lowest BCUT2D eigenvalue weighted by molar-refractivity contribution is 0.0756. The van der Waals surface area contributed by atoms with Crippen LogP contribution in [0.2, 0.25) is 0 Å². The Labute approximate surface area is 162 Å². The number of carbonyl (C=O) groups excluding carboxylic acids is 1.